The highest BCUT2D eigenvalue weighted by Gasteiger charge is 2.37. The predicted molar refractivity (Wildman–Crippen MR) is 285 cm³/mol. The van der Waals surface area contributed by atoms with Gasteiger partial charge in [-0.25, -0.2) is 4.79 Å². The molecule has 0 fully saturated rings. The Labute approximate surface area is 459 Å². The van der Waals surface area contributed by atoms with Crippen molar-refractivity contribution in [1.29, 1.82) is 0 Å². The van der Waals surface area contributed by atoms with Crippen LogP contribution in [0.1, 0.15) is 82.9 Å². The Balaban J connectivity index is 1.64. The molecule has 4 aromatic rings. The van der Waals surface area contributed by atoms with Gasteiger partial charge in [-0.3, -0.25) is 47.9 Å². The number of rotatable bonds is 32. The molecule has 0 spiro atoms. The Kier molecular flexibility index (Phi) is 23.9. The molecule has 3 aromatic carbocycles. The third-order valence-corrected chi connectivity index (χ3v) is 13.3. The van der Waals surface area contributed by atoms with E-state index in [-0.39, 0.29) is 43.6 Å². The number of hydrogen-bond donors (Lipinski definition) is 15. The van der Waals surface area contributed by atoms with Gasteiger partial charge in [-0.1, -0.05) is 83.0 Å². The fourth-order valence-corrected chi connectivity index (χ4v) is 8.33. The first-order chi connectivity index (χ1) is 37.8. The van der Waals surface area contributed by atoms with Gasteiger partial charge in [0.15, 0.2) is 0 Å². The van der Waals surface area contributed by atoms with E-state index in [1.807, 2.05) is 0 Å². The van der Waals surface area contributed by atoms with Crippen LogP contribution in [0.25, 0.3) is 10.9 Å². The number of benzene rings is 3. The number of aliphatic carboxylic acids is 4. The number of nitrogens with two attached hydrogens (primary N) is 1. The van der Waals surface area contributed by atoms with Crippen LogP contribution in [0.3, 0.4) is 0 Å². The monoisotopic (exact) mass is 1120 g/mol. The Morgan fingerprint density at radius 2 is 0.912 bits per heavy atom. The molecular formula is C54H69N9O17. The molecule has 0 aliphatic rings. The lowest BCUT2D eigenvalue weighted by Gasteiger charge is -2.30. The van der Waals surface area contributed by atoms with Gasteiger partial charge in [0, 0.05) is 42.8 Å². The third-order valence-electron chi connectivity index (χ3n) is 13.3. The largest absolute Gasteiger partial charge is 0.508 e. The number of phenolic OH excluding ortho intramolecular Hbond substituents is 2. The molecule has 1 aromatic heterocycles. The van der Waals surface area contributed by atoms with Crippen molar-refractivity contribution in [2.45, 2.75) is 134 Å². The molecular weight excluding hydrogens is 1050 g/mol. The van der Waals surface area contributed by atoms with Crippen LogP contribution in [0.2, 0.25) is 0 Å². The SMILES string of the molecule is CC[C@H](C)[C@H](NC(=O)[C@H](CCC(=O)O)NC(=O)[C@H](Cc1ccc(O)cc1)NC(=O)[C@@H](NC(=O)[C@H](CC(=O)O)NC(=O)[C@@H](N)CC(=O)O)[C@@H](C)CC)C(=O)N[C@@H](Cc1ccc(O)cc1)C(=O)N[C@@H](Cc1c[nH]c2ccccc12)C(=O)O. The van der Waals surface area contributed by atoms with Crippen LogP contribution in [0.15, 0.2) is 79.0 Å². The van der Waals surface area contributed by atoms with Crippen LogP contribution in [-0.2, 0) is 72.0 Å². The van der Waals surface area contributed by atoms with Gasteiger partial charge in [-0.05, 0) is 65.3 Å². The smallest absolute Gasteiger partial charge is 0.326 e. The number of carbonyl (C=O) groups excluding carboxylic acids is 7. The predicted octanol–water partition coefficient (Wildman–Crippen LogP) is 0.319. The quantitative estimate of drug-likeness (QED) is 0.0313. The molecule has 26 heteroatoms. The molecule has 0 saturated heterocycles. The van der Waals surface area contributed by atoms with Crippen LogP contribution in [0.4, 0.5) is 0 Å². The van der Waals surface area contributed by atoms with Crippen LogP contribution < -0.4 is 43.0 Å². The third kappa shape index (κ3) is 19.4. The Morgan fingerprint density at radius 3 is 1.36 bits per heavy atom. The van der Waals surface area contributed by atoms with E-state index in [1.165, 1.54) is 55.5 Å². The number of carbonyl (C=O) groups is 11. The number of aromatic hydroxyl groups is 2. The number of carboxylic acids is 4. The molecule has 26 nitrogen and oxygen atoms in total. The molecule has 0 aliphatic carbocycles. The molecule has 0 bridgehead atoms. The molecule has 7 amide bonds. The topological polar surface area (TPSA) is 435 Å². The van der Waals surface area contributed by atoms with E-state index in [0.29, 0.717) is 16.7 Å². The van der Waals surface area contributed by atoms with Crippen LogP contribution in [0, 0.1) is 11.8 Å². The minimum absolute atomic E-state index is 0.101. The molecule has 1 heterocycles. The summed E-state index contributed by atoms with van der Waals surface area (Å²) < 4.78 is 0. The molecule has 0 aliphatic heterocycles. The number of H-pyrrole nitrogens is 1. The van der Waals surface area contributed by atoms with E-state index >= 15 is 0 Å². The summed E-state index contributed by atoms with van der Waals surface area (Å²) >= 11 is 0. The van der Waals surface area contributed by atoms with E-state index in [2.05, 4.69) is 42.2 Å². The van der Waals surface area contributed by atoms with Gasteiger partial charge in [0.05, 0.1) is 18.9 Å². The molecule has 10 atom stereocenters. The van der Waals surface area contributed by atoms with Gasteiger partial charge in [-0.2, -0.15) is 0 Å². The Morgan fingerprint density at radius 1 is 0.487 bits per heavy atom. The van der Waals surface area contributed by atoms with E-state index < -0.39 is 151 Å². The van der Waals surface area contributed by atoms with E-state index in [9.17, 15) is 78.3 Å². The van der Waals surface area contributed by atoms with E-state index in [1.54, 1.807) is 51.2 Å². The van der Waals surface area contributed by atoms with Gasteiger partial charge in [0.2, 0.25) is 41.4 Å². The zero-order valence-corrected chi connectivity index (χ0v) is 44.4. The number of carboxylic acid groups (broad SMARTS) is 4. The molecule has 0 radical (unpaired) electrons. The highest BCUT2D eigenvalue weighted by Crippen LogP contribution is 2.21. The van der Waals surface area contributed by atoms with Gasteiger partial charge in [0.25, 0.3) is 0 Å². The number of para-hydroxylation sites is 1. The number of phenols is 2. The normalized spacial score (nSPS) is 14.9. The number of aromatic nitrogens is 1. The summed E-state index contributed by atoms with van der Waals surface area (Å²) in [6.45, 7) is 6.46. The van der Waals surface area contributed by atoms with E-state index in [4.69, 9.17) is 10.8 Å². The van der Waals surface area contributed by atoms with Gasteiger partial charge >= 0.3 is 23.9 Å². The van der Waals surface area contributed by atoms with Crippen molar-refractivity contribution >= 4 is 76.1 Å². The minimum Gasteiger partial charge on any atom is -0.508 e. The number of nitrogens with one attached hydrogen (secondary N) is 8. The Bertz CT molecular complexity index is 2860. The summed E-state index contributed by atoms with van der Waals surface area (Å²) in [4.78, 5) is 149. The lowest BCUT2D eigenvalue weighted by atomic mass is 9.96. The molecule has 16 N–H and O–H groups in total. The maximum Gasteiger partial charge on any atom is 0.326 e. The van der Waals surface area contributed by atoms with Crippen LogP contribution in [0.5, 0.6) is 11.5 Å². The average Bonchev–Trinajstić information content (AvgIpc) is 3.82. The summed E-state index contributed by atoms with van der Waals surface area (Å²) in [5, 5.41) is 76.5. The standard InChI is InChI=1S/C54H69N9O17/c1-5-27(3)45(52(77)60-39(22-30-13-17-33(65)18-14-30)50(75)61-41(54(79)80)23-31-26-56-36-10-8-7-9-34(31)36)62-48(73)37(19-20-42(66)67)57-49(74)38(21-29-11-15-32(64)16-12-29)59-53(78)46(28(4)6-2)63-51(76)40(25-44(70)71)58-47(72)35(55)24-43(68)69/h7-18,26-28,35,37-41,45-46,56,64-65H,5-6,19-25,55H2,1-4H3,(H,57,74)(H,58,72)(H,59,78)(H,60,77)(H,61,75)(H,62,73)(H,63,76)(H,66,67)(H,68,69)(H,70,71)(H,79,80)/t27-,28-,35-,37-,38-,39-,40-,41-,45-,46-/m0/s1. The zero-order valence-electron chi connectivity index (χ0n) is 44.4. The minimum atomic E-state index is -1.86. The maximum atomic E-state index is 14.5. The van der Waals surface area contributed by atoms with Gasteiger partial charge < -0.3 is 78.6 Å². The number of aromatic amines is 1. The number of amides is 7. The van der Waals surface area contributed by atoms with Gasteiger partial charge in [-0.15, -0.1) is 0 Å². The summed E-state index contributed by atoms with van der Waals surface area (Å²) in [6, 6.07) is 5.25. The highest BCUT2D eigenvalue weighted by atomic mass is 16.4. The highest BCUT2D eigenvalue weighted by molar-refractivity contribution is 5.99. The zero-order chi connectivity index (χ0) is 59.4. The summed E-state index contributed by atoms with van der Waals surface area (Å²) in [5.41, 5.74) is 7.71. The fraction of sp³-hybridized carbons (Fsp3) is 0.426. The number of hydrogen-bond acceptors (Lipinski definition) is 14. The molecule has 432 valence electrons. The van der Waals surface area contributed by atoms with Crippen molar-refractivity contribution in [3.8, 4) is 11.5 Å². The van der Waals surface area contributed by atoms with Crippen LogP contribution in [-0.4, -0.2) is 149 Å². The maximum absolute atomic E-state index is 14.5. The average molecular weight is 1120 g/mol. The first-order valence-corrected chi connectivity index (χ1v) is 25.7. The first kappa shape index (κ1) is 63.5. The Hall–Kier alpha value is -9.07. The van der Waals surface area contributed by atoms with Crippen molar-refractivity contribution in [3.63, 3.8) is 0 Å². The second kappa shape index (κ2) is 30.2. The molecule has 4 rings (SSSR count). The lowest BCUT2D eigenvalue weighted by molar-refractivity contribution is -0.143. The molecule has 0 unspecified atom stereocenters. The van der Waals surface area contributed by atoms with Crippen molar-refractivity contribution in [1.82, 2.24) is 42.2 Å². The van der Waals surface area contributed by atoms with E-state index in [0.717, 1.165) is 10.9 Å². The van der Waals surface area contributed by atoms with Crippen LogP contribution >= 0.6 is 0 Å². The summed E-state index contributed by atoms with van der Waals surface area (Å²) in [6.07, 6.45) is -1.83. The second-order valence-corrected chi connectivity index (χ2v) is 19.4. The number of fused-ring (bicyclic) bond motifs is 1. The van der Waals surface area contributed by atoms with Crippen molar-refractivity contribution in [2.24, 2.45) is 17.6 Å². The summed E-state index contributed by atoms with van der Waals surface area (Å²) in [5.74, 6) is -14.9. The summed E-state index contributed by atoms with van der Waals surface area (Å²) in [7, 11) is 0. The second-order valence-electron chi connectivity index (χ2n) is 19.4. The fourth-order valence-electron chi connectivity index (χ4n) is 8.33. The first-order valence-electron chi connectivity index (χ1n) is 25.7. The lowest BCUT2D eigenvalue weighted by Crippen LogP contribution is -2.62. The van der Waals surface area contributed by atoms with Crippen molar-refractivity contribution in [2.75, 3.05) is 0 Å². The van der Waals surface area contributed by atoms with Crippen molar-refractivity contribution < 1.29 is 83.4 Å². The molecule has 0 saturated carbocycles. The van der Waals surface area contributed by atoms with Crippen molar-refractivity contribution in [3.05, 3.63) is 95.7 Å². The molecule has 80 heavy (non-hydrogen) atoms. The van der Waals surface area contributed by atoms with Gasteiger partial charge in [0.1, 0.15) is 53.8 Å².